The molecule has 1 aliphatic heterocycles. The molecule has 4 nitrogen and oxygen atoms in total. The van der Waals surface area contributed by atoms with E-state index in [-0.39, 0.29) is 6.04 Å². The molecule has 0 saturated carbocycles. The van der Waals surface area contributed by atoms with Crippen LogP contribution in [0.25, 0.3) is 0 Å². The number of methoxy groups -OCH3 is 1. The Morgan fingerprint density at radius 2 is 1.92 bits per heavy atom. The third-order valence-electron chi connectivity index (χ3n) is 4.55. The zero-order chi connectivity index (χ0) is 17.6. The van der Waals surface area contributed by atoms with Crippen molar-refractivity contribution in [3.05, 3.63) is 46.7 Å². The van der Waals surface area contributed by atoms with Crippen LogP contribution in [-0.4, -0.2) is 36.3 Å². The van der Waals surface area contributed by atoms with E-state index in [0.29, 0.717) is 11.2 Å². The van der Waals surface area contributed by atoms with Crippen molar-refractivity contribution >= 4 is 34.4 Å². The van der Waals surface area contributed by atoms with Crippen LogP contribution < -0.4 is 15.4 Å². The molecule has 2 heterocycles. The molecule has 2 N–H and O–H groups in total. The zero-order valence-electron chi connectivity index (χ0n) is 14.7. The van der Waals surface area contributed by atoms with Crippen LogP contribution in [0.1, 0.15) is 30.7 Å². The van der Waals surface area contributed by atoms with Crippen molar-refractivity contribution in [1.82, 2.24) is 10.2 Å². The summed E-state index contributed by atoms with van der Waals surface area (Å²) >= 11 is 7.35. The highest BCUT2D eigenvalue weighted by Gasteiger charge is 2.29. The molecule has 2 atom stereocenters. The van der Waals surface area contributed by atoms with Crippen LogP contribution in [0.2, 0.25) is 0 Å². The average molecular weight is 376 g/mol. The first-order valence-electron chi connectivity index (χ1n) is 8.66. The minimum absolute atomic E-state index is 0.231. The van der Waals surface area contributed by atoms with Gasteiger partial charge >= 0.3 is 0 Å². The van der Waals surface area contributed by atoms with Gasteiger partial charge in [0.2, 0.25) is 0 Å². The van der Waals surface area contributed by atoms with Crippen LogP contribution in [0, 0.1) is 0 Å². The fourth-order valence-electron chi connectivity index (χ4n) is 3.35. The molecule has 1 fully saturated rings. The summed E-state index contributed by atoms with van der Waals surface area (Å²) in [6.07, 6.45) is 2.56. The second kappa shape index (κ2) is 8.65. The van der Waals surface area contributed by atoms with Crippen molar-refractivity contribution in [3.8, 4) is 5.75 Å². The highest BCUT2D eigenvalue weighted by molar-refractivity contribution is 7.80. The second-order valence-electron chi connectivity index (χ2n) is 6.32. The van der Waals surface area contributed by atoms with Crippen LogP contribution in [0.5, 0.6) is 5.75 Å². The maximum Gasteiger partial charge on any atom is 0.171 e. The van der Waals surface area contributed by atoms with Gasteiger partial charge in [-0.3, -0.25) is 4.90 Å². The normalized spacial score (nSPS) is 17.0. The molecule has 0 unspecified atom stereocenters. The van der Waals surface area contributed by atoms with E-state index in [1.54, 1.807) is 7.11 Å². The van der Waals surface area contributed by atoms with Crippen molar-refractivity contribution in [2.45, 2.75) is 31.8 Å². The molecule has 6 heteroatoms. The van der Waals surface area contributed by atoms with E-state index in [9.17, 15) is 0 Å². The van der Waals surface area contributed by atoms with Gasteiger partial charge in [-0.2, -0.15) is 0 Å². The third-order valence-corrected chi connectivity index (χ3v) is 5.71. The van der Waals surface area contributed by atoms with Crippen molar-refractivity contribution in [2.75, 3.05) is 25.5 Å². The Bertz CT molecular complexity index is 666. The Morgan fingerprint density at radius 3 is 2.52 bits per heavy atom. The van der Waals surface area contributed by atoms with E-state index in [0.717, 1.165) is 24.5 Å². The molecule has 0 radical (unpaired) electrons. The summed E-state index contributed by atoms with van der Waals surface area (Å²) in [4.78, 5) is 3.97. The summed E-state index contributed by atoms with van der Waals surface area (Å²) in [5, 5.41) is 9.54. The molecule has 0 bridgehead atoms. The molecule has 25 heavy (non-hydrogen) atoms. The Kier molecular flexibility index (Phi) is 6.29. The molecule has 0 amide bonds. The van der Waals surface area contributed by atoms with E-state index < -0.39 is 0 Å². The minimum Gasteiger partial charge on any atom is -0.497 e. The SMILES string of the molecule is COc1ccc(NC(=S)N[C@H](C)[C@H](c2cccs2)N2CCCC2)cc1. The highest BCUT2D eigenvalue weighted by atomic mass is 32.1. The van der Waals surface area contributed by atoms with Gasteiger partial charge in [0, 0.05) is 16.6 Å². The first-order chi connectivity index (χ1) is 12.2. The molecule has 2 aromatic rings. The summed E-state index contributed by atoms with van der Waals surface area (Å²) in [7, 11) is 1.67. The number of ether oxygens (including phenoxy) is 1. The second-order valence-corrected chi connectivity index (χ2v) is 7.71. The predicted molar refractivity (Wildman–Crippen MR) is 110 cm³/mol. The first kappa shape index (κ1) is 18.2. The molecule has 1 aromatic heterocycles. The van der Waals surface area contributed by atoms with Crippen molar-refractivity contribution in [1.29, 1.82) is 0 Å². The number of rotatable bonds is 6. The Hall–Kier alpha value is -1.63. The summed E-state index contributed by atoms with van der Waals surface area (Å²) < 4.78 is 5.19. The molecule has 3 rings (SSSR count). The first-order valence-corrected chi connectivity index (χ1v) is 9.95. The number of nitrogens with one attached hydrogen (secondary N) is 2. The smallest absolute Gasteiger partial charge is 0.171 e. The van der Waals surface area contributed by atoms with E-state index in [1.165, 1.54) is 17.7 Å². The van der Waals surface area contributed by atoms with Crippen LogP contribution in [0.4, 0.5) is 5.69 Å². The van der Waals surface area contributed by atoms with Gasteiger partial charge in [-0.15, -0.1) is 11.3 Å². The minimum atomic E-state index is 0.231. The highest BCUT2D eigenvalue weighted by Crippen LogP contribution is 2.31. The van der Waals surface area contributed by atoms with Gasteiger partial charge in [-0.1, -0.05) is 6.07 Å². The molecule has 1 aliphatic rings. The van der Waals surface area contributed by atoms with Crippen molar-refractivity contribution < 1.29 is 4.74 Å². The number of thiophene rings is 1. The maximum atomic E-state index is 5.53. The number of benzene rings is 1. The number of anilines is 1. The zero-order valence-corrected chi connectivity index (χ0v) is 16.3. The van der Waals surface area contributed by atoms with E-state index in [2.05, 4.69) is 40.0 Å². The van der Waals surface area contributed by atoms with Gasteiger partial charge in [0.25, 0.3) is 0 Å². The predicted octanol–water partition coefficient (Wildman–Crippen LogP) is 4.27. The van der Waals surface area contributed by atoms with E-state index in [1.807, 2.05) is 35.6 Å². The topological polar surface area (TPSA) is 36.5 Å². The molecule has 134 valence electrons. The lowest BCUT2D eigenvalue weighted by molar-refractivity contribution is 0.214. The third kappa shape index (κ3) is 4.71. The Labute approximate surface area is 159 Å². The molecule has 0 spiro atoms. The number of likely N-dealkylation sites (tertiary alicyclic amines) is 1. The summed E-state index contributed by atoms with van der Waals surface area (Å²) in [5.74, 6) is 0.838. The van der Waals surface area contributed by atoms with Gasteiger partial charge < -0.3 is 15.4 Å². The van der Waals surface area contributed by atoms with Crippen LogP contribution >= 0.6 is 23.6 Å². The molecule has 1 aromatic carbocycles. The number of hydrogen-bond donors (Lipinski definition) is 2. The molecule has 1 saturated heterocycles. The lowest BCUT2D eigenvalue weighted by Crippen LogP contribution is -2.45. The number of hydrogen-bond acceptors (Lipinski definition) is 4. The number of thiocarbonyl (C=S) groups is 1. The summed E-state index contributed by atoms with van der Waals surface area (Å²) in [6, 6.07) is 12.7. The fraction of sp³-hybridized carbons (Fsp3) is 0.421. The lowest BCUT2D eigenvalue weighted by atomic mass is 10.1. The molecule has 0 aliphatic carbocycles. The Morgan fingerprint density at radius 1 is 1.20 bits per heavy atom. The largest absolute Gasteiger partial charge is 0.497 e. The van der Waals surface area contributed by atoms with Gasteiger partial charge in [-0.05, 0) is 80.8 Å². The van der Waals surface area contributed by atoms with Gasteiger partial charge in [-0.25, -0.2) is 0 Å². The van der Waals surface area contributed by atoms with Crippen molar-refractivity contribution in [2.24, 2.45) is 0 Å². The van der Waals surface area contributed by atoms with Crippen molar-refractivity contribution in [3.63, 3.8) is 0 Å². The van der Waals surface area contributed by atoms with Crippen LogP contribution in [0.15, 0.2) is 41.8 Å². The van der Waals surface area contributed by atoms with Gasteiger partial charge in [0.05, 0.1) is 13.2 Å². The standard InChI is InChI=1S/C19H25N3OS2/c1-14(18(17-6-5-13-25-17)22-11-3-4-12-22)20-19(24)21-15-7-9-16(23-2)10-8-15/h5-10,13-14,18H,3-4,11-12H2,1-2H3,(H2,20,21,24)/t14-,18-/m1/s1. The van der Waals surface area contributed by atoms with Crippen LogP contribution in [-0.2, 0) is 0 Å². The number of nitrogens with zero attached hydrogens (tertiary/aromatic N) is 1. The van der Waals surface area contributed by atoms with E-state index >= 15 is 0 Å². The van der Waals surface area contributed by atoms with E-state index in [4.69, 9.17) is 17.0 Å². The molecular formula is C19H25N3OS2. The lowest BCUT2D eigenvalue weighted by Gasteiger charge is -2.33. The maximum absolute atomic E-state index is 5.53. The molecular weight excluding hydrogens is 350 g/mol. The summed E-state index contributed by atoms with van der Waals surface area (Å²) in [6.45, 7) is 4.53. The average Bonchev–Trinajstić information content (AvgIpc) is 3.30. The Balaban J connectivity index is 1.63. The monoisotopic (exact) mass is 375 g/mol. The van der Waals surface area contributed by atoms with Crippen LogP contribution in [0.3, 0.4) is 0 Å². The fourth-order valence-corrected chi connectivity index (χ4v) is 4.62. The summed E-state index contributed by atoms with van der Waals surface area (Å²) in [5.41, 5.74) is 0.958. The van der Waals surface area contributed by atoms with Gasteiger partial charge in [0.15, 0.2) is 5.11 Å². The quantitative estimate of drug-likeness (QED) is 0.738. The van der Waals surface area contributed by atoms with Gasteiger partial charge in [0.1, 0.15) is 5.75 Å².